The largest absolute Gasteiger partial charge is 0.496 e. The van der Waals surface area contributed by atoms with Crippen LogP contribution in [0, 0.1) is 0 Å². The van der Waals surface area contributed by atoms with E-state index in [4.69, 9.17) is 14.2 Å². The highest BCUT2D eigenvalue weighted by molar-refractivity contribution is 5.99. The summed E-state index contributed by atoms with van der Waals surface area (Å²) in [4.78, 5) is 14.4. The molecule has 0 aromatic heterocycles. The van der Waals surface area contributed by atoms with Crippen LogP contribution in [-0.4, -0.2) is 50.8 Å². The number of amides is 1. The molecule has 0 N–H and O–H groups in total. The Bertz CT molecular complexity index is 439. The molecule has 1 aliphatic heterocycles. The Balaban J connectivity index is 2.31. The summed E-state index contributed by atoms with van der Waals surface area (Å²) in [5.74, 6) is 0.983. The Morgan fingerprint density at radius 3 is 2.47 bits per heavy atom. The molecule has 0 radical (unpaired) electrons. The van der Waals surface area contributed by atoms with Crippen molar-refractivity contribution in [3.05, 3.63) is 23.8 Å². The minimum absolute atomic E-state index is 0.0541. The average Bonchev–Trinajstić information content (AvgIpc) is 2.45. The quantitative estimate of drug-likeness (QED) is 0.832. The minimum atomic E-state index is -0.0792. The third kappa shape index (κ3) is 2.81. The molecule has 0 saturated carbocycles. The van der Waals surface area contributed by atoms with Crippen LogP contribution in [0.5, 0.6) is 11.5 Å². The van der Waals surface area contributed by atoms with Crippen molar-refractivity contribution in [2.24, 2.45) is 0 Å². The van der Waals surface area contributed by atoms with Gasteiger partial charge in [0.25, 0.3) is 5.91 Å². The van der Waals surface area contributed by atoms with Crippen molar-refractivity contribution >= 4 is 5.91 Å². The number of hydrogen-bond donors (Lipinski definition) is 0. The van der Waals surface area contributed by atoms with Crippen LogP contribution in [0.1, 0.15) is 17.3 Å². The van der Waals surface area contributed by atoms with Gasteiger partial charge >= 0.3 is 0 Å². The number of rotatable bonds is 3. The van der Waals surface area contributed by atoms with Gasteiger partial charge in [-0.15, -0.1) is 0 Å². The topological polar surface area (TPSA) is 48.0 Å². The van der Waals surface area contributed by atoms with Crippen molar-refractivity contribution in [1.82, 2.24) is 4.90 Å². The molecule has 1 aromatic carbocycles. The predicted octanol–water partition coefficient (Wildman–Crippen LogP) is 1.56. The van der Waals surface area contributed by atoms with E-state index in [1.54, 1.807) is 37.3 Å². The molecule has 0 aliphatic carbocycles. The molecule has 5 nitrogen and oxygen atoms in total. The first-order valence-corrected chi connectivity index (χ1v) is 6.29. The Hall–Kier alpha value is -1.75. The van der Waals surface area contributed by atoms with E-state index in [2.05, 4.69) is 0 Å². The number of hydrogen-bond acceptors (Lipinski definition) is 4. The van der Waals surface area contributed by atoms with Crippen LogP contribution < -0.4 is 9.47 Å². The zero-order valence-corrected chi connectivity index (χ0v) is 11.5. The number of carbonyl (C=O) groups excluding carboxylic acids is 1. The summed E-state index contributed by atoms with van der Waals surface area (Å²) in [6, 6.07) is 5.33. The third-order valence-corrected chi connectivity index (χ3v) is 3.17. The van der Waals surface area contributed by atoms with E-state index in [9.17, 15) is 4.79 Å². The molecule has 5 heteroatoms. The molecule has 1 unspecified atom stereocenters. The summed E-state index contributed by atoms with van der Waals surface area (Å²) in [5, 5.41) is 0. The SMILES string of the molecule is COc1cccc(OC)c1C(=O)N1CCOC(C)C1. The summed E-state index contributed by atoms with van der Waals surface area (Å²) in [6.45, 7) is 3.69. The van der Waals surface area contributed by atoms with E-state index in [-0.39, 0.29) is 12.0 Å². The minimum Gasteiger partial charge on any atom is -0.496 e. The zero-order valence-electron chi connectivity index (χ0n) is 11.5. The molecular formula is C14H19NO4. The predicted molar refractivity (Wildman–Crippen MR) is 70.9 cm³/mol. The van der Waals surface area contributed by atoms with Crippen LogP contribution in [-0.2, 0) is 4.74 Å². The first-order valence-electron chi connectivity index (χ1n) is 6.29. The number of methoxy groups -OCH3 is 2. The van der Waals surface area contributed by atoms with E-state index >= 15 is 0 Å². The van der Waals surface area contributed by atoms with Crippen molar-refractivity contribution in [3.8, 4) is 11.5 Å². The van der Waals surface area contributed by atoms with Gasteiger partial charge in [0.1, 0.15) is 17.1 Å². The Kier molecular flexibility index (Phi) is 4.27. The first kappa shape index (κ1) is 13.7. The highest BCUT2D eigenvalue weighted by atomic mass is 16.5. The summed E-state index contributed by atoms with van der Waals surface area (Å²) < 4.78 is 16.0. The number of nitrogens with zero attached hydrogens (tertiary/aromatic N) is 1. The van der Waals surface area contributed by atoms with E-state index in [0.29, 0.717) is 36.8 Å². The normalized spacial score (nSPS) is 19.1. The van der Waals surface area contributed by atoms with Crippen molar-refractivity contribution in [2.75, 3.05) is 33.9 Å². The van der Waals surface area contributed by atoms with Gasteiger partial charge in [0, 0.05) is 13.1 Å². The van der Waals surface area contributed by atoms with Gasteiger partial charge in [-0.2, -0.15) is 0 Å². The highest BCUT2D eigenvalue weighted by Crippen LogP contribution is 2.30. The van der Waals surface area contributed by atoms with Gasteiger partial charge in [-0.25, -0.2) is 0 Å². The van der Waals surface area contributed by atoms with Gasteiger partial charge in [-0.3, -0.25) is 4.79 Å². The maximum Gasteiger partial charge on any atom is 0.261 e. The van der Waals surface area contributed by atoms with Crippen molar-refractivity contribution in [2.45, 2.75) is 13.0 Å². The van der Waals surface area contributed by atoms with Crippen LogP contribution >= 0.6 is 0 Å². The van der Waals surface area contributed by atoms with Gasteiger partial charge < -0.3 is 19.1 Å². The van der Waals surface area contributed by atoms with Crippen molar-refractivity contribution < 1.29 is 19.0 Å². The lowest BCUT2D eigenvalue weighted by Gasteiger charge is -2.31. The second kappa shape index (κ2) is 5.93. The smallest absolute Gasteiger partial charge is 0.261 e. The molecule has 1 aromatic rings. The lowest BCUT2D eigenvalue weighted by molar-refractivity contribution is -0.0126. The second-order valence-electron chi connectivity index (χ2n) is 4.47. The van der Waals surface area contributed by atoms with Crippen LogP contribution in [0.4, 0.5) is 0 Å². The molecule has 2 rings (SSSR count). The summed E-state index contributed by atoms with van der Waals surface area (Å²) in [6.07, 6.45) is 0.0541. The van der Waals surface area contributed by atoms with E-state index < -0.39 is 0 Å². The number of carbonyl (C=O) groups is 1. The molecule has 1 saturated heterocycles. The van der Waals surface area contributed by atoms with Crippen LogP contribution in [0.15, 0.2) is 18.2 Å². The number of morpholine rings is 1. The molecule has 1 atom stereocenters. The van der Waals surface area contributed by atoms with Gasteiger partial charge in [-0.1, -0.05) is 6.07 Å². The molecule has 104 valence electrons. The molecule has 0 bridgehead atoms. The fraction of sp³-hybridized carbons (Fsp3) is 0.500. The highest BCUT2D eigenvalue weighted by Gasteiger charge is 2.27. The molecule has 1 heterocycles. The molecule has 19 heavy (non-hydrogen) atoms. The van der Waals surface area contributed by atoms with Gasteiger partial charge in [0.2, 0.25) is 0 Å². The van der Waals surface area contributed by atoms with Crippen molar-refractivity contribution in [1.29, 1.82) is 0 Å². The summed E-state index contributed by atoms with van der Waals surface area (Å²) in [5.41, 5.74) is 0.474. The van der Waals surface area contributed by atoms with Crippen molar-refractivity contribution in [3.63, 3.8) is 0 Å². The van der Waals surface area contributed by atoms with E-state index in [0.717, 1.165) is 0 Å². The van der Waals surface area contributed by atoms with Crippen LogP contribution in [0.25, 0.3) is 0 Å². The van der Waals surface area contributed by atoms with E-state index in [1.165, 1.54) is 0 Å². The second-order valence-corrected chi connectivity index (χ2v) is 4.47. The number of ether oxygens (including phenoxy) is 3. The fourth-order valence-electron chi connectivity index (χ4n) is 2.22. The molecular weight excluding hydrogens is 246 g/mol. The van der Waals surface area contributed by atoms with Gasteiger partial charge in [0.15, 0.2) is 0 Å². The van der Waals surface area contributed by atoms with Gasteiger partial charge in [-0.05, 0) is 19.1 Å². The Labute approximate surface area is 113 Å². The fourth-order valence-corrected chi connectivity index (χ4v) is 2.22. The summed E-state index contributed by atoms with van der Waals surface area (Å²) >= 11 is 0. The third-order valence-electron chi connectivity index (χ3n) is 3.17. The van der Waals surface area contributed by atoms with E-state index in [1.807, 2.05) is 6.92 Å². The summed E-state index contributed by atoms with van der Waals surface area (Å²) in [7, 11) is 3.10. The molecule has 1 aliphatic rings. The van der Waals surface area contributed by atoms with Crippen LogP contribution in [0.3, 0.4) is 0 Å². The lowest BCUT2D eigenvalue weighted by atomic mass is 10.1. The molecule has 0 spiro atoms. The Morgan fingerprint density at radius 1 is 1.32 bits per heavy atom. The monoisotopic (exact) mass is 265 g/mol. The Morgan fingerprint density at radius 2 is 1.95 bits per heavy atom. The standard InChI is InChI=1S/C14H19NO4/c1-10-9-15(7-8-19-10)14(16)13-11(17-2)5-4-6-12(13)18-3/h4-6,10H,7-9H2,1-3H3. The zero-order chi connectivity index (χ0) is 13.8. The maximum absolute atomic E-state index is 12.6. The molecule has 1 fully saturated rings. The first-order chi connectivity index (χ1) is 9.17. The van der Waals surface area contributed by atoms with Crippen LogP contribution in [0.2, 0.25) is 0 Å². The maximum atomic E-state index is 12.6. The average molecular weight is 265 g/mol. The number of benzene rings is 1. The molecule has 1 amide bonds. The van der Waals surface area contributed by atoms with Gasteiger partial charge in [0.05, 0.1) is 26.9 Å². The lowest BCUT2D eigenvalue weighted by Crippen LogP contribution is -2.44.